The van der Waals surface area contributed by atoms with Crippen molar-refractivity contribution in [1.29, 1.82) is 0 Å². The van der Waals surface area contributed by atoms with Gasteiger partial charge in [-0.2, -0.15) is 0 Å². The highest BCUT2D eigenvalue weighted by atomic mass is 35.5. The van der Waals surface area contributed by atoms with Gasteiger partial charge < -0.3 is 4.57 Å². The van der Waals surface area contributed by atoms with E-state index in [9.17, 15) is 4.79 Å². The van der Waals surface area contributed by atoms with Gasteiger partial charge in [-0.15, -0.1) is 0 Å². The number of fused-ring (bicyclic) bond motifs is 2. The Labute approximate surface area is 147 Å². The number of hydrogen-bond acceptors (Lipinski definition) is 3. The van der Waals surface area contributed by atoms with E-state index in [0.717, 1.165) is 16.9 Å². The van der Waals surface area contributed by atoms with Crippen LogP contribution in [0, 0.1) is 0 Å². The van der Waals surface area contributed by atoms with Crippen LogP contribution in [0.3, 0.4) is 0 Å². The van der Waals surface area contributed by atoms with E-state index in [1.165, 1.54) is 10.9 Å². The van der Waals surface area contributed by atoms with Crippen molar-refractivity contribution < 1.29 is 0 Å². The fraction of sp³-hybridized carbons (Fsp3) is 0.118. The number of para-hydroxylation sites is 2. The SMILES string of the molecule is Cn1c(Cn2cnc3c(Cl)cc(Cl)cc3c2=O)nc2ccccc21. The molecule has 0 aliphatic heterocycles. The van der Waals surface area contributed by atoms with Crippen molar-refractivity contribution in [2.24, 2.45) is 7.05 Å². The zero-order chi connectivity index (χ0) is 16.8. The van der Waals surface area contributed by atoms with Crippen LogP contribution in [0.15, 0.2) is 47.5 Å². The second-order valence-corrected chi connectivity index (χ2v) is 6.38. The average Bonchev–Trinajstić information content (AvgIpc) is 2.87. The smallest absolute Gasteiger partial charge is 0.261 e. The largest absolute Gasteiger partial charge is 0.330 e. The summed E-state index contributed by atoms with van der Waals surface area (Å²) in [5.74, 6) is 0.771. The summed E-state index contributed by atoms with van der Waals surface area (Å²) in [6.07, 6.45) is 1.49. The first-order valence-electron chi connectivity index (χ1n) is 7.29. The number of halogens is 2. The predicted octanol–water partition coefficient (Wildman–Crippen LogP) is 3.64. The minimum atomic E-state index is -0.198. The van der Waals surface area contributed by atoms with Crippen molar-refractivity contribution in [3.05, 3.63) is 68.9 Å². The van der Waals surface area contributed by atoms with E-state index >= 15 is 0 Å². The standard InChI is InChI=1S/C17H12Cl2N4O/c1-22-14-5-3-2-4-13(14)21-15(22)8-23-9-20-16-11(17(23)24)6-10(18)7-12(16)19/h2-7,9H,8H2,1H3. The Hall–Kier alpha value is -2.37. The van der Waals surface area contributed by atoms with Crippen LogP contribution in [-0.4, -0.2) is 19.1 Å². The van der Waals surface area contributed by atoms with Crippen molar-refractivity contribution in [3.63, 3.8) is 0 Å². The van der Waals surface area contributed by atoms with Crippen molar-refractivity contribution in [2.45, 2.75) is 6.54 Å². The molecule has 0 unspecified atom stereocenters. The van der Waals surface area contributed by atoms with E-state index in [1.807, 2.05) is 35.9 Å². The Morgan fingerprint density at radius 3 is 2.75 bits per heavy atom. The van der Waals surface area contributed by atoms with E-state index in [0.29, 0.717) is 27.5 Å². The number of imidazole rings is 1. The van der Waals surface area contributed by atoms with Gasteiger partial charge in [0.25, 0.3) is 5.56 Å². The number of hydrogen-bond donors (Lipinski definition) is 0. The summed E-state index contributed by atoms with van der Waals surface area (Å²) >= 11 is 12.1. The molecular formula is C17H12Cl2N4O. The van der Waals surface area contributed by atoms with Gasteiger partial charge in [-0.05, 0) is 24.3 Å². The van der Waals surface area contributed by atoms with Crippen molar-refractivity contribution >= 4 is 45.1 Å². The van der Waals surface area contributed by atoms with Gasteiger partial charge in [0.15, 0.2) is 0 Å². The Balaban J connectivity index is 1.86. The summed E-state index contributed by atoms with van der Waals surface area (Å²) in [5, 5.41) is 1.17. The number of benzene rings is 2. The maximum absolute atomic E-state index is 12.7. The van der Waals surface area contributed by atoms with Crippen LogP contribution in [0.1, 0.15) is 5.82 Å². The van der Waals surface area contributed by atoms with Gasteiger partial charge in [0.05, 0.1) is 39.8 Å². The van der Waals surface area contributed by atoms with Gasteiger partial charge in [-0.3, -0.25) is 9.36 Å². The van der Waals surface area contributed by atoms with Crippen LogP contribution in [0.2, 0.25) is 10.0 Å². The summed E-state index contributed by atoms with van der Waals surface area (Å²) in [7, 11) is 1.93. The van der Waals surface area contributed by atoms with Gasteiger partial charge in [0.1, 0.15) is 5.82 Å². The second-order valence-electron chi connectivity index (χ2n) is 5.54. The van der Waals surface area contributed by atoms with Crippen LogP contribution in [-0.2, 0) is 13.6 Å². The van der Waals surface area contributed by atoms with Crippen molar-refractivity contribution in [2.75, 3.05) is 0 Å². The molecule has 0 atom stereocenters. The molecule has 5 nitrogen and oxygen atoms in total. The summed E-state index contributed by atoms with van der Waals surface area (Å²) < 4.78 is 3.48. The molecule has 0 aliphatic carbocycles. The monoisotopic (exact) mass is 358 g/mol. The predicted molar refractivity (Wildman–Crippen MR) is 95.8 cm³/mol. The Kier molecular flexibility index (Phi) is 3.55. The van der Waals surface area contributed by atoms with Crippen LogP contribution in [0.5, 0.6) is 0 Å². The van der Waals surface area contributed by atoms with Crippen molar-refractivity contribution in [3.8, 4) is 0 Å². The first kappa shape index (κ1) is 15.2. The van der Waals surface area contributed by atoms with E-state index in [1.54, 1.807) is 12.1 Å². The van der Waals surface area contributed by atoms with Gasteiger partial charge >= 0.3 is 0 Å². The highest BCUT2D eigenvalue weighted by Gasteiger charge is 2.12. The number of aryl methyl sites for hydroxylation is 1. The molecule has 2 heterocycles. The lowest BCUT2D eigenvalue weighted by Crippen LogP contribution is -2.22. The molecule has 120 valence electrons. The molecule has 24 heavy (non-hydrogen) atoms. The summed E-state index contributed by atoms with van der Waals surface area (Å²) in [5.41, 5.74) is 2.16. The highest BCUT2D eigenvalue weighted by molar-refractivity contribution is 6.38. The molecule has 4 rings (SSSR count). The van der Waals surface area contributed by atoms with Gasteiger partial charge in [-0.25, -0.2) is 9.97 Å². The molecular weight excluding hydrogens is 347 g/mol. The minimum Gasteiger partial charge on any atom is -0.330 e. The third kappa shape index (κ3) is 2.37. The Morgan fingerprint density at radius 2 is 1.96 bits per heavy atom. The molecule has 0 fully saturated rings. The molecule has 0 bridgehead atoms. The van der Waals surface area contributed by atoms with E-state index in [-0.39, 0.29) is 5.56 Å². The fourth-order valence-electron chi connectivity index (χ4n) is 2.80. The molecule has 0 aliphatic rings. The van der Waals surface area contributed by atoms with Crippen molar-refractivity contribution in [1.82, 2.24) is 19.1 Å². The fourth-order valence-corrected chi connectivity index (χ4v) is 3.34. The zero-order valence-electron chi connectivity index (χ0n) is 12.7. The first-order valence-corrected chi connectivity index (χ1v) is 8.05. The van der Waals surface area contributed by atoms with Gasteiger partial charge in [0.2, 0.25) is 0 Å². The van der Waals surface area contributed by atoms with Crippen LogP contribution in [0.4, 0.5) is 0 Å². The summed E-state index contributed by atoms with van der Waals surface area (Å²) in [6.45, 7) is 0.317. The molecule has 0 saturated heterocycles. The lowest BCUT2D eigenvalue weighted by atomic mass is 10.2. The maximum Gasteiger partial charge on any atom is 0.261 e. The van der Waals surface area contributed by atoms with E-state index in [4.69, 9.17) is 23.2 Å². The number of rotatable bonds is 2. The number of aromatic nitrogens is 4. The van der Waals surface area contributed by atoms with Gasteiger partial charge in [-0.1, -0.05) is 35.3 Å². The van der Waals surface area contributed by atoms with E-state index < -0.39 is 0 Å². The first-order chi connectivity index (χ1) is 11.5. The third-order valence-corrected chi connectivity index (χ3v) is 4.54. The maximum atomic E-state index is 12.7. The molecule has 0 saturated carbocycles. The molecule has 0 N–H and O–H groups in total. The zero-order valence-corrected chi connectivity index (χ0v) is 14.2. The summed E-state index contributed by atoms with van der Waals surface area (Å²) in [4.78, 5) is 21.6. The Bertz CT molecular complexity index is 1150. The number of nitrogens with zero attached hydrogens (tertiary/aromatic N) is 4. The van der Waals surface area contributed by atoms with Crippen LogP contribution < -0.4 is 5.56 Å². The minimum absolute atomic E-state index is 0.198. The van der Waals surface area contributed by atoms with Gasteiger partial charge in [0, 0.05) is 12.1 Å². The highest BCUT2D eigenvalue weighted by Crippen LogP contribution is 2.24. The quantitative estimate of drug-likeness (QED) is 0.549. The average molecular weight is 359 g/mol. The molecule has 0 spiro atoms. The Morgan fingerprint density at radius 1 is 1.17 bits per heavy atom. The molecule has 2 aromatic carbocycles. The molecule has 0 amide bonds. The molecule has 2 aromatic heterocycles. The topological polar surface area (TPSA) is 52.7 Å². The van der Waals surface area contributed by atoms with E-state index in [2.05, 4.69) is 9.97 Å². The second kappa shape index (κ2) is 5.61. The normalized spacial score (nSPS) is 11.5. The molecule has 7 heteroatoms. The third-order valence-electron chi connectivity index (χ3n) is 4.04. The van der Waals surface area contributed by atoms with Crippen LogP contribution >= 0.6 is 23.2 Å². The molecule has 4 aromatic rings. The lowest BCUT2D eigenvalue weighted by molar-refractivity contribution is 0.679. The summed E-state index contributed by atoms with van der Waals surface area (Å²) in [6, 6.07) is 11.0. The molecule has 0 radical (unpaired) electrons. The van der Waals surface area contributed by atoms with Crippen LogP contribution in [0.25, 0.3) is 21.9 Å². The lowest BCUT2D eigenvalue weighted by Gasteiger charge is -2.08.